The van der Waals surface area contributed by atoms with Crippen molar-refractivity contribution in [3.8, 4) is 0 Å². The smallest absolute Gasteiger partial charge is 0.0396 e. The van der Waals surface area contributed by atoms with Crippen LogP contribution in [0.1, 0.15) is 24.0 Å². The fraction of sp³-hybridized carbons (Fsp3) is 0.500. The largest absolute Gasteiger partial charge is 0.371 e. The molecule has 1 aliphatic carbocycles. The summed E-state index contributed by atoms with van der Waals surface area (Å²) >= 11 is 0. The summed E-state index contributed by atoms with van der Waals surface area (Å²) in [6.07, 6.45) is 2.68. The Morgan fingerprint density at radius 3 is 2.64 bits per heavy atom. The van der Waals surface area contributed by atoms with Crippen molar-refractivity contribution in [1.29, 1.82) is 0 Å². The van der Waals surface area contributed by atoms with Gasteiger partial charge in [-0.05, 0) is 37.0 Å². The molecule has 0 aliphatic heterocycles. The summed E-state index contributed by atoms with van der Waals surface area (Å²) in [5, 5.41) is 0. The van der Waals surface area contributed by atoms with Gasteiger partial charge in [-0.2, -0.15) is 0 Å². The Labute approximate surface area is 85.7 Å². The average molecular weight is 190 g/mol. The molecule has 0 atom stereocenters. The predicted molar refractivity (Wildman–Crippen MR) is 60.5 cm³/mol. The minimum absolute atomic E-state index is 0.633. The summed E-state index contributed by atoms with van der Waals surface area (Å²) in [5.74, 6) is 0. The second-order valence-corrected chi connectivity index (χ2v) is 4.17. The summed E-state index contributed by atoms with van der Waals surface area (Å²) in [7, 11) is 2.18. The number of nitrogens with zero attached hydrogens (tertiary/aromatic N) is 1. The Morgan fingerprint density at radius 2 is 2.14 bits per heavy atom. The maximum absolute atomic E-state index is 5.60. The molecule has 0 saturated heterocycles. The van der Waals surface area contributed by atoms with E-state index in [4.69, 9.17) is 5.73 Å². The third-order valence-electron chi connectivity index (χ3n) is 2.97. The molecule has 0 bridgehead atoms. The van der Waals surface area contributed by atoms with Crippen LogP contribution in [0.3, 0.4) is 0 Å². The topological polar surface area (TPSA) is 29.3 Å². The number of nitrogens with two attached hydrogens (primary N) is 1. The van der Waals surface area contributed by atoms with Gasteiger partial charge in [-0.3, -0.25) is 0 Å². The zero-order valence-corrected chi connectivity index (χ0v) is 8.96. The third kappa shape index (κ3) is 1.75. The summed E-state index contributed by atoms with van der Waals surface area (Å²) in [6, 6.07) is 7.28. The van der Waals surface area contributed by atoms with Crippen molar-refractivity contribution in [2.45, 2.75) is 32.4 Å². The second-order valence-electron chi connectivity index (χ2n) is 4.17. The van der Waals surface area contributed by atoms with E-state index >= 15 is 0 Å². The first kappa shape index (κ1) is 9.53. The van der Waals surface area contributed by atoms with Crippen LogP contribution < -0.4 is 10.6 Å². The van der Waals surface area contributed by atoms with Crippen molar-refractivity contribution in [2.75, 3.05) is 11.9 Å². The molecule has 0 radical (unpaired) electrons. The van der Waals surface area contributed by atoms with E-state index in [-0.39, 0.29) is 0 Å². The van der Waals surface area contributed by atoms with Crippen molar-refractivity contribution < 1.29 is 0 Å². The Morgan fingerprint density at radius 1 is 1.43 bits per heavy atom. The third-order valence-corrected chi connectivity index (χ3v) is 2.97. The lowest BCUT2D eigenvalue weighted by Gasteiger charge is -2.21. The summed E-state index contributed by atoms with van der Waals surface area (Å²) in [5.41, 5.74) is 9.51. The van der Waals surface area contributed by atoms with Crippen molar-refractivity contribution in [3.05, 3.63) is 29.3 Å². The van der Waals surface area contributed by atoms with Gasteiger partial charge in [-0.25, -0.2) is 0 Å². The van der Waals surface area contributed by atoms with Gasteiger partial charge in [-0.1, -0.05) is 12.1 Å². The number of rotatable bonds is 3. The highest BCUT2D eigenvalue weighted by Crippen LogP contribution is 2.32. The minimum Gasteiger partial charge on any atom is -0.371 e. The molecule has 14 heavy (non-hydrogen) atoms. The minimum atomic E-state index is 0.633. The van der Waals surface area contributed by atoms with E-state index < -0.39 is 0 Å². The zero-order valence-electron chi connectivity index (χ0n) is 8.96. The van der Waals surface area contributed by atoms with E-state index in [2.05, 4.69) is 37.1 Å². The van der Waals surface area contributed by atoms with E-state index in [0.717, 1.165) is 6.04 Å². The first-order chi connectivity index (χ1) is 6.72. The molecule has 76 valence electrons. The molecule has 1 aromatic carbocycles. The second kappa shape index (κ2) is 3.62. The van der Waals surface area contributed by atoms with Crippen LogP contribution in [0.2, 0.25) is 0 Å². The van der Waals surface area contributed by atoms with Crippen molar-refractivity contribution in [3.63, 3.8) is 0 Å². The highest BCUT2D eigenvalue weighted by molar-refractivity contribution is 5.55. The van der Waals surface area contributed by atoms with Crippen LogP contribution in [0.25, 0.3) is 0 Å². The van der Waals surface area contributed by atoms with Crippen LogP contribution in [0.5, 0.6) is 0 Å². The maximum Gasteiger partial charge on any atom is 0.0396 e. The van der Waals surface area contributed by atoms with Crippen LogP contribution in [0, 0.1) is 6.92 Å². The van der Waals surface area contributed by atoms with Gasteiger partial charge in [0.1, 0.15) is 0 Å². The lowest BCUT2D eigenvalue weighted by molar-refractivity contribution is 0.909. The zero-order chi connectivity index (χ0) is 10.1. The number of hydrogen-bond donors (Lipinski definition) is 1. The lowest BCUT2D eigenvalue weighted by Crippen LogP contribution is -2.20. The van der Waals surface area contributed by atoms with Crippen LogP contribution in [-0.4, -0.2) is 13.1 Å². The standard InChI is InChI=1S/C12H18N2/c1-9-7-10(8-13)3-6-12(9)14(2)11-4-5-11/h3,6-7,11H,4-5,8,13H2,1-2H3. The fourth-order valence-electron chi connectivity index (χ4n) is 1.90. The Balaban J connectivity index is 2.24. The molecule has 2 heteroatoms. The van der Waals surface area contributed by atoms with Gasteiger partial charge < -0.3 is 10.6 Å². The van der Waals surface area contributed by atoms with Crippen LogP contribution in [0.4, 0.5) is 5.69 Å². The van der Waals surface area contributed by atoms with Crippen molar-refractivity contribution >= 4 is 5.69 Å². The molecule has 0 heterocycles. The Kier molecular flexibility index (Phi) is 2.46. The van der Waals surface area contributed by atoms with E-state index in [9.17, 15) is 0 Å². The van der Waals surface area contributed by atoms with Crippen molar-refractivity contribution in [2.24, 2.45) is 5.73 Å². The van der Waals surface area contributed by atoms with Crippen LogP contribution in [0.15, 0.2) is 18.2 Å². The van der Waals surface area contributed by atoms with E-state index in [0.29, 0.717) is 6.54 Å². The first-order valence-electron chi connectivity index (χ1n) is 5.25. The van der Waals surface area contributed by atoms with Gasteiger partial charge >= 0.3 is 0 Å². The molecule has 2 N–H and O–H groups in total. The molecule has 1 saturated carbocycles. The molecule has 2 nitrogen and oxygen atoms in total. The molecule has 0 spiro atoms. The van der Waals surface area contributed by atoms with E-state index in [1.54, 1.807) is 0 Å². The maximum atomic E-state index is 5.60. The van der Waals surface area contributed by atoms with Gasteiger partial charge in [0.05, 0.1) is 0 Å². The van der Waals surface area contributed by atoms with Crippen molar-refractivity contribution in [1.82, 2.24) is 0 Å². The first-order valence-corrected chi connectivity index (χ1v) is 5.25. The monoisotopic (exact) mass is 190 g/mol. The quantitative estimate of drug-likeness (QED) is 0.790. The molecule has 1 fully saturated rings. The molecule has 1 aliphatic rings. The number of anilines is 1. The van der Waals surface area contributed by atoms with E-state index in [1.807, 2.05) is 0 Å². The molecular weight excluding hydrogens is 172 g/mol. The molecular formula is C12H18N2. The van der Waals surface area contributed by atoms with Gasteiger partial charge in [-0.15, -0.1) is 0 Å². The summed E-state index contributed by atoms with van der Waals surface area (Å²) in [4.78, 5) is 2.38. The van der Waals surface area contributed by atoms with Gasteiger partial charge in [0.2, 0.25) is 0 Å². The summed E-state index contributed by atoms with van der Waals surface area (Å²) < 4.78 is 0. The molecule has 2 rings (SSSR count). The van der Waals surface area contributed by atoms with Gasteiger partial charge in [0.15, 0.2) is 0 Å². The Bertz CT molecular complexity index is 329. The number of hydrogen-bond acceptors (Lipinski definition) is 2. The highest BCUT2D eigenvalue weighted by Gasteiger charge is 2.26. The predicted octanol–water partition coefficient (Wildman–Crippen LogP) is 2.05. The van der Waals surface area contributed by atoms with Gasteiger partial charge in [0, 0.05) is 25.3 Å². The van der Waals surface area contributed by atoms with E-state index in [1.165, 1.54) is 29.7 Å². The molecule has 1 aromatic rings. The fourth-order valence-corrected chi connectivity index (χ4v) is 1.90. The Hall–Kier alpha value is -1.02. The normalized spacial score (nSPS) is 15.6. The number of aryl methyl sites for hydroxylation is 1. The SMILES string of the molecule is Cc1cc(CN)ccc1N(C)C1CC1. The van der Waals surface area contributed by atoms with Crippen LogP contribution in [-0.2, 0) is 6.54 Å². The summed E-state index contributed by atoms with van der Waals surface area (Å²) in [6.45, 7) is 2.79. The lowest BCUT2D eigenvalue weighted by atomic mass is 10.1. The average Bonchev–Trinajstić information content (AvgIpc) is 3.00. The number of benzene rings is 1. The molecule has 0 unspecified atom stereocenters. The van der Waals surface area contributed by atoms with Gasteiger partial charge in [0.25, 0.3) is 0 Å². The van der Waals surface area contributed by atoms with Crippen LogP contribution >= 0.6 is 0 Å². The molecule has 0 amide bonds. The highest BCUT2D eigenvalue weighted by atomic mass is 15.2. The molecule has 0 aromatic heterocycles.